The molecule has 160 valence electrons. The Labute approximate surface area is 182 Å². The number of rotatable bonds is 1. The smallest absolute Gasteiger partial charge is 0.283 e. The van der Waals surface area contributed by atoms with Crippen molar-refractivity contribution < 1.29 is 18.3 Å². The van der Waals surface area contributed by atoms with Gasteiger partial charge in [-0.3, -0.25) is 0 Å². The van der Waals surface area contributed by atoms with Gasteiger partial charge in [0.1, 0.15) is 24.5 Å². The van der Waals surface area contributed by atoms with Crippen molar-refractivity contribution in [2.75, 3.05) is 6.61 Å². The first-order valence-electron chi connectivity index (χ1n) is 9.73. The fourth-order valence-electron chi connectivity index (χ4n) is 3.70. The topological polar surface area (TPSA) is 95.5 Å². The third kappa shape index (κ3) is 3.30. The van der Waals surface area contributed by atoms with Gasteiger partial charge in [0.25, 0.3) is 6.02 Å². The number of amidine groups is 1. The maximum atomic E-state index is 15.0. The van der Waals surface area contributed by atoms with Crippen molar-refractivity contribution >= 4 is 6.02 Å². The average Bonchev–Trinajstić information content (AvgIpc) is 3.14. The monoisotopic (exact) mass is 433 g/mol. The lowest BCUT2D eigenvalue weighted by atomic mass is 9.81. The summed E-state index contributed by atoms with van der Waals surface area (Å²) >= 11 is 0. The molecule has 1 spiro atoms. The van der Waals surface area contributed by atoms with E-state index in [9.17, 15) is 8.78 Å². The molecule has 2 aromatic heterocycles. The number of hydrogen-bond acceptors (Lipinski definition) is 7. The van der Waals surface area contributed by atoms with E-state index in [2.05, 4.69) is 31.8 Å². The molecule has 1 atom stereocenters. The van der Waals surface area contributed by atoms with E-state index in [1.54, 1.807) is 12.1 Å². The predicted molar refractivity (Wildman–Crippen MR) is 112 cm³/mol. The fourth-order valence-corrected chi connectivity index (χ4v) is 3.70. The number of nitrogens with two attached hydrogens (primary N) is 1. The molecule has 0 saturated carbocycles. The molecular weight excluding hydrogens is 416 g/mol. The number of alkyl halides is 1. The summed E-state index contributed by atoms with van der Waals surface area (Å²) in [7, 11) is 0. The Morgan fingerprint density at radius 3 is 2.59 bits per heavy atom. The molecule has 1 unspecified atom stereocenters. The highest BCUT2D eigenvalue weighted by Crippen LogP contribution is 2.51. The van der Waals surface area contributed by atoms with E-state index in [4.69, 9.17) is 15.2 Å². The molecule has 2 aliphatic rings. The van der Waals surface area contributed by atoms with Crippen LogP contribution >= 0.6 is 0 Å². The SMILES string of the molecule is CC(C)(F)C#Cc1cnc2c(c1)C1(COC(N)=N1)c1cc(-c3cncnc3)c(F)cc1O2. The first kappa shape index (κ1) is 19.9. The largest absolute Gasteiger partial charge is 0.462 e. The molecule has 1 aromatic carbocycles. The van der Waals surface area contributed by atoms with Crippen LogP contribution in [0.1, 0.15) is 30.5 Å². The Morgan fingerprint density at radius 1 is 1.12 bits per heavy atom. The van der Waals surface area contributed by atoms with E-state index in [0.717, 1.165) is 0 Å². The third-order valence-corrected chi connectivity index (χ3v) is 5.12. The molecule has 2 N–H and O–H groups in total. The summed E-state index contributed by atoms with van der Waals surface area (Å²) in [5.74, 6) is 5.27. The van der Waals surface area contributed by atoms with E-state index in [0.29, 0.717) is 22.3 Å². The van der Waals surface area contributed by atoms with Crippen LogP contribution < -0.4 is 10.5 Å². The van der Waals surface area contributed by atoms with Crippen molar-refractivity contribution in [1.29, 1.82) is 0 Å². The summed E-state index contributed by atoms with van der Waals surface area (Å²) in [6.45, 7) is 2.80. The van der Waals surface area contributed by atoms with Crippen molar-refractivity contribution in [3.05, 3.63) is 65.6 Å². The Balaban J connectivity index is 1.72. The third-order valence-electron chi connectivity index (χ3n) is 5.12. The van der Waals surface area contributed by atoms with E-state index in [1.807, 2.05) is 0 Å². The second-order valence-corrected chi connectivity index (χ2v) is 7.96. The first-order valence-corrected chi connectivity index (χ1v) is 9.73. The van der Waals surface area contributed by atoms with Crippen LogP contribution in [-0.4, -0.2) is 33.2 Å². The van der Waals surface area contributed by atoms with Crippen molar-refractivity contribution in [2.24, 2.45) is 10.7 Å². The second kappa shape index (κ2) is 6.99. The first-order chi connectivity index (χ1) is 15.2. The van der Waals surface area contributed by atoms with Gasteiger partial charge in [0, 0.05) is 46.9 Å². The zero-order chi connectivity index (χ0) is 22.5. The Kier molecular flexibility index (Phi) is 4.34. The molecule has 0 amide bonds. The van der Waals surface area contributed by atoms with Crippen LogP contribution in [0.3, 0.4) is 0 Å². The highest BCUT2D eigenvalue weighted by Gasteiger charge is 2.48. The van der Waals surface area contributed by atoms with Gasteiger partial charge in [-0.2, -0.15) is 0 Å². The quantitative estimate of drug-likeness (QED) is 0.591. The lowest BCUT2D eigenvalue weighted by molar-refractivity contribution is 0.262. The number of halogens is 2. The van der Waals surface area contributed by atoms with Crippen LogP contribution in [0.4, 0.5) is 8.78 Å². The van der Waals surface area contributed by atoms with Crippen LogP contribution in [0.2, 0.25) is 0 Å². The van der Waals surface area contributed by atoms with Crippen molar-refractivity contribution in [3.8, 4) is 34.6 Å². The van der Waals surface area contributed by atoms with Gasteiger partial charge >= 0.3 is 0 Å². The zero-order valence-corrected chi connectivity index (χ0v) is 17.2. The second-order valence-electron chi connectivity index (χ2n) is 7.96. The molecule has 32 heavy (non-hydrogen) atoms. The number of pyridine rings is 1. The highest BCUT2D eigenvalue weighted by atomic mass is 19.1. The van der Waals surface area contributed by atoms with Crippen LogP contribution in [-0.2, 0) is 10.3 Å². The number of aromatic nitrogens is 3. The van der Waals surface area contributed by atoms with Crippen LogP contribution in [0.5, 0.6) is 11.6 Å². The van der Waals surface area contributed by atoms with E-state index < -0.39 is 17.0 Å². The summed E-state index contributed by atoms with van der Waals surface area (Å²) in [5, 5.41) is 0. The van der Waals surface area contributed by atoms with Gasteiger partial charge in [0.05, 0.1) is 5.56 Å². The number of fused-ring (bicyclic) bond motifs is 4. The molecule has 5 rings (SSSR count). The molecule has 0 saturated heterocycles. The maximum absolute atomic E-state index is 15.0. The molecule has 0 radical (unpaired) electrons. The van der Waals surface area contributed by atoms with E-state index in [-0.39, 0.29) is 29.8 Å². The molecule has 2 aliphatic heterocycles. The van der Waals surface area contributed by atoms with Gasteiger partial charge in [-0.15, -0.1) is 0 Å². The fraction of sp³-hybridized carbons (Fsp3) is 0.217. The van der Waals surface area contributed by atoms with E-state index in [1.165, 1.54) is 44.8 Å². The number of benzene rings is 1. The van der Waals surface area contributed by atoms with Crippen LogP contribution in [0, 0.1) is 17.7 Å². The zero-order valence-electron chi connectivity index (χ0n) is 17.2. The minimum atomic E-state index is -1.67. The summed E-state index contributed by atoms with van der Waals surface area (Å²) in [6.07, 6.45) is 5.85. The standard InChI is InChI=1S/C23H17F2N5O2/c1-22(2,25)4-3-13-5-17-20(29-8-13)32-19-7-18(24)15(14-9-27-12-28-10-14)6-16(19)23(17)11-31-21(26)30-23/h5-10,12H,11H2,1-2H3,(H2,26,30). The highest BCUT2D eigenvalue weighted by molar-refractivity contribution is 5.77. The summed E-state index contributed by atoms with van der Waals surface area (Å²) in [4.78, 5) is 16.8. The minimum absolute atomic E-state index is 0.0147. The summed E-state index contributed by atoms with van der Waals surface area (Å²) in [5.41, 5.74) is 5.42. The van der Waals surface area contributed by atoms with Crippen molar-refractivity contribution in [3.63, 3.8) is 0 Å². The van der Waals surface area contributed by atoms with Gasteiger partial charge in [-0.05, 0) is 26.0 Å². The maximum Gasteiger partial charge on any atom is 0.283 e. The summed E-state index contributed by atoms with van der Waals surface area (Å²) < 4.78 is 40.3. The number of aliphatic imine (C=N–C) groups is 1. The van der Waals surface area contributed by atoms with Crippen molar-refractivity contribution in [2.45, 2.75) is 25.1 Å². The molecule has 4 heterocycles. The van der Waals surface area contributed by atoms with Gasteiger partial charge in [0.15, 0.2) is 11.2 Å². The number of ether oxygens (including phenoxy) is 2. The Bertz CT molecular complexity index is 1330. The predicted octanol–water partition coefficient (Wildman–Crippen LogP) is 3.47. The molecule has 0 fully saturated rings. The van der Waals surface area contributed by atoms with Crippen LogP contribution in [0.25, 0.3) is 11.1 Å². The number of hydrogen-bond donors (Lipinski definition) is 1. The summed E-state index contributed by atoms with van der Waals surface area (Å²) in [6, 6.07) is 4.59. The van der Waals surface area contributed by atoms with E-state index >= 15 is 0 Å². The van der Waals surface area contributed by atoms with Crippen molar-refractivity contribution in [1.82, 2.24) is 15.0 Å². The Morgan fingerprint density at radius 2 is 1.91 bits per heavy atom. The van der Waals surface area contributed by atoms with Crippen LogP contribution in [0.15, 0.2) is 48.1 Å². The number of nitrogens with zero attached hydrogens (tertiary/aromatic N) is 4. The lowest BCUT2D eigenvalue weighted by Gasteiger charge is -2.33. The molecule has 0 aliphatic carbocycles. The molecular formula is C23H17F2N5O2. The molecule has 3 aromatic rings. The van der Waals surface area contributed by atoms with Gasteiger partial charge in [0.2, 0.25) is 5.88 Å². The van der Waals surface area contributed by atoms with Gasteiger partial charge < -0.3 is 15.2 Å². The van der Waals surface area contributed by atoms with Gasteiger partial charge in [-0.25, -0.2) is 28.7 Å². The normalized spacial score (nSPS) is 18.6. The minimum Gasteiger partial charge on any atom is -0.462 e. The van der Waals surface area contributed by atoms with Gasteiger partial charge in [-0.1, -0.05) is 11.8 Å². The molecule has 0 bridgehead atoms. The molecule has 7 nitrogen and oxygen atoms in total. The Hall–Kier alpha value is -4.06. The lowest BCUT2D eigenvalue weighted by Crippen LogP contribution is -2.31. The average molecular weight is 433 g/mol. The molecule has 9 heteroatoms.